The molecule has 0 unspecified atom stereocenters. The second kappa shape index (κ2) is 5.29. The van der Waals surface area contributed by atoms with Crippen molar-refractivity contribution in [2.45, 2.75) is 38.9 Å². The minimum absolute atomic E-state index is 0.0728. The lowest BCUT2D eigenvalue weighted by atomic mass is 9.76. The summed E-state index contributed by atoms with van der Waals surface area (Å²) >= 11 is 0. The van der Waals surface area contributed by atoms with Crippen LogP contribution in [-0.2, 0) is 4.65 Å². The summed E-state index contributed by atoms with van der Waals surface area (Å²) in [6.07, 6.45) is 0. The summed E-state index contributed by atoms with van der Waals surface area (Å²) in [5.74, 6) is -0.724. The predicted octanol–water partition coefficient (Wildman–Crippen LogP) is 0.951. The molecule has 0 saturated carbocycles. The van der Waals surface area contributed by atoms with Crippen molar-refractivity contribution in [3.05, 3.63) is 29.6 Å². The van der Waals surface area contributed by atoms with Crippen LogP contribution in [0.2, 0.25) is 0 Å². The summed E-state index contributed by atoms with van der Waals surface area (Å²) < 4.78 is 19.0. The molecule has 0 bridgehead atoms. The van der Waals surface area contributed by atoms with Gasteiger partial charge in [-0.05, 0) is 39.8 Å². The van der Waals surface area contributed by atoms with Crippen molar-refractivity contribution >= 4 is 12.6 Å². The van der Waals surface area contributed by atoms with Gasteiger partial charge in [0.25, 0.3) is 0 Å². The number of hydrogen-bond donors (Lipinski definition) is 2. The molecule has 0 aromatic heterocycles. The van der Waals surface area contributed by atoms with Crippen LogP contribution in [0.1, 0.15) is 33.3 Å². The highest BCUT2D eigenvalue weighted by molar-refractivity contribution is 6.60. The summed E-state index contributed by atoms with van der Waals surface area (Å²) in [6.45, 7) is 6.26. The van der Waals surface area contributed by atoms with Gasteiger partial charge in [0.15, 0.2) is 0 Å². The quantitative estimate of drug-likeness (QED) is 0.795. The van der Waals surface area contributed by atoms with Crippen molar-refractivity contribution in [2.75, 3.05) is 0 Å². The van der Waals surface area contributed by atoms with E-state index in [4.69, 9.17) is 9.92 Å². The number of halogens is 1. The van der Waals surface area contributed by atoms with Gasteiger partial charge in [0, 0.05) is 5.46 Å². The van der Waals surface area contributed by atoms with E-state index in [2.05, 4.69) is 0 Å². The topological polar surface area (TPSA) is 73.5 Å². The molecule has 0 atom stereocenters. The first-order chi connectivity index (χ1) is 8.58. The van der Waals surface area contributed by atoms with Gasteiger partial charge < -0.3 is 14.8 Å². The van der Waals surface area contributed by atoms with Gasteiger partial charge >= 0.3 is 7.12 Å². The molecule has 2 N–H and O–H groups in total. The number of hydrogen-bond acceptors (Lipinski definition) is 4. The average molecular weight is 265 g/mol. The molecule has 6 heteroatoms. The predicted molar refractivity (Wildman–Crippen MR) is 70.2 cm³/mol. The third-order valence-electron chi connectivity index (χ3n) is 3.28. The molecule has 0 fully saturated rings. The molecule has 0 saturated heterocycles. The highest BCUT2D eigenvalue weighted by Crippen LogP contribution is 2.25. The number of nitrogens with zero attached hydrogens (tertiary/aromatic N) is 1. The Hall–Kier alpha value is -1.42. The summed E-state index contributed by atoms with van der Waals surface area (Å²) in [4.78, 5) is 0. The maximum Gasteiger partial charge on any atom is 0.494 e. The summed E-state index contributed by atoms with van der Waals surface area (Å²) in [5.41, 5.74) is -2.20. The smallest absolute Gasteiger partial charge is 0.423 e. The molecule has 102 valence electrons. The number of aliphatic hydroxyl groups is 1. The van der Waals surface area contributed by atoms with Crippen LogP contribution in [0.25, 0.3) is 0 Å². The van der Waals surface area contributed by atoms with Crippen molar-refractivity contribution in [3.8, 4) is 6.07 Å². The zero-order valence-electron chi connectivity index (χ0n) is 11.4. The summed E-state index contributed by atoms with van der Waals surface area (Å²) in [5, 5.41) is 28.5. The fraction of sp³-hybridized carbons (Fsp3) is 0.462. The van der Waals surface area contributed by atoms with E-state index in [0.717, 1.165) is 6.07 Å². The molecule has 0 heterocycles. The Morgan fingerprint density at radius 1 is 1.32 bits per heavy atom. The Balaban J connectivity index is 2.97. The fourth-order valence-electron chi connectivity index (χ4n) is 1.28. The first-order valence-corrected chi connectivity index (χ1v) is 5.86. The van der Waals surface area contributed by atoms with Crippen molar-refractivity contribution in [1.82, 2.24) is 0 Å². The first kappa shape index (κ1) is 15.6. The van der Waals surface area contributed by atoms with E-state index in [0.29, 0.717) is 0 Å². The van der Waals surface area contributed by atoms with Crippen molar-refractivity contribution < 1.29 is 19.2 Å². The Labute approximate surface area is 112 Å². The van der Waals surface area contributed by atoms with Crippen molar-refractivity contribution in [1.29, 1.82) is 5.26 Å². The number of nitriles is 1. The van der Waals surface area contributed by atoms with E-state index in [-0.39, 0.29) is 11.0 Å². The Morgan fingerprint density at radius 2 is 1.89 bits per heavy atom. The van der Waals surface area contributed by atoms with Gasteiger partial charge in [-0.2, -0.15) is 5.26 Å². The van der Waals surface area contributed by atoms with Crippen LogP contribution in [0.4, 0.5) is 4.39 Å². The molecule has 4 nitrogen and oxygen atoms in total. The molecule has 0 radical (unpaired) electrons. The van der Waals surface area contributed by atoms with Gasteiger partial charge in [-0.25, -0.2) is 4.39 Å². The van der Waals surface area contributed by atoms with Crippen molar-refractivity contribution in [2.24, 2.45) is 0 Å². The van der Waals surface area contributed by atoms with Crippen LogP contribution in [0.3, 0.4) is 0 Å². The van der Waals surface area contributed by atoms with Crippen LogP contribution in [0.5, 0.6) is 0 Å². The monoisotopic (exact) mass is 265 g/mol. The highest BCUT2D eigenvalue weighted by atomic mass is 19.1. The number of rotatable bonds is 4. The van der Waals surface area contributed by atoms with Gasteiger partial charge in [0.2, 0.25) is 0 Å². The van der Waals surface area contributed by atoms with Crippen LogP contribution in [0, 0.1) is 17.1 Å². The van der Waals surface area contributed by atoms with E-state index in [1.807, 2.05) is 0 Å². The molecule has 0 amide bonds. The fourth-order valence-corrected chi connectivity index (χ4v) is 1.28. The third-order valence-corrected chi connectivity index (χ3v) is 3.28. The van der Waals surface area contributed by atoms with Gasteiger partial charge in [-0.3, -0.25) is 0 Å². The van der Waals surface area contributed by atoms with Crippen LogP contribution >= 0.6 is 0 Å². The van der Waals surface area contributed by atoms with E-state index in [9.17, 15) is 14.5 Å². The molecule has 0 aliphatic heterocycles. The van der Waals surface area contributed by atoms with E-state index < -0.39 is 24.1 Å². The van der Waals surface area contributed by atoms with Crippen LogP contribution < -0.4 is 5.46 Å². The molecule has 19 heavy (non-hydrogen) atoms. The van der Waals surface area contributed by atoms with Gasteiger partial charge in [-0.15, -0.1) is 0 Å². The lowest BCUT2D eigenvalue weighted by Crippen LogP contribution is -2.53. The minimum Gasteiger partial charge on any atom is -0.423 e. The lowest BCUT2D eigenvalue weighted by molar-refractivity contribution is -0.0983. The minimum atomic E-state index is -1.52. The van der Waals surface area contributed by atoms with Gasteiger partial charge in [-0.1, -0.05) is 6.07 Å². The van der Waals surface area contributed by atoms with Gasteiger partial charge in [0.1, 0.15) is 5.82 Å². The SMILES string of the molecule is CC(C)(O)C(C)(C)OB(O)c1ccc(C#N)cc1F. The Bertz CT molecular complexity index is 506. The zero-order chi connectivity index (χ0) is 14.8. The maximum atomic E-state index is 13.7. The van der Waals surface area contributed by atoms with Crippen molar-refractivity contribution in [3.63, 3.8) is 0 Å². The molecule has 1 aromatic rings. The summed E-state index contributed by atoms with van der Waals surface area (Å²) in [7, 11) is -1.52. The van der Waals surface area contributed by atoms with E-state index in [1.165, 1.54) is 26.0 Å². The second-order valence-corrected chi connectivity index (χ2v) is 5.39. The first-order valence-electron chi connectivity index (χ1n) is 5.86. The molecular weight excluding hydrogens is 248 g/mol. The lowest BCUT2D eigenvalue weighted by Gasteiger charge is -2.38. The molecule has 0 aliphatic carbocycles. The standard InChI is InChI=1S/C13H17BFNO3/c1-12(2,17)13(3,4)19-14(18)10-6-5-9(8-16)7-11(10)15/h5-7,17-18H,1-4H3. The molecule has 0 aliphatic rings. The zero-order valence-corrected chi connectivity index (χ0v) is 11.4. The normalized spacial score (nSPS) is 12.1. The Morgan fingerprint density at radius 3 is 2.32 bits per heavy atom. The second-order valence-electron chi connectivity index (χ2n) is 5.39. The van der Waals surface area contributed by atoms with Crippen LogP contribution in [-0.4, -0.2) is 28.5 Å². The maximum absolute atomic E-state index is 13.7. The molecule has 1 rings (SSSR count). The van der Waals surface area contributed by atoms with E-state index >= 15 is 0 Å². The molecular formula is C13H17BFNO3. The largest absolute Gasteiger partial charge is 0.494 e. The molecule has 1 aromatic carbocycles. The highest BCUT2D eigenvalue weighted by Gasteiger charge is 2.40. The van der Waals surface area contributed by atoms with Gasteiger partial charge in [0.05, 0.1) is 22.8 Å². The molecule has 0 spiro atoms. The van der Waals surface area contributed by atoms with E-state index in [1.54, 1.807) is 19.9 Å². The average Bonchev–Trinajstić information content (AvgIpc) is 2.26. The number of benzene rings is 1. The summed E-state index contributed by atoms with van der Waals surface area (Å²) in [6, 6.07) is 5.51. The van der Waals surface area contributed by atoms with Crippen LogP contribution in [0.15, 0.2) is 18.2 Å². The third kappa shape index (κ3) is 3.54. The Kier molecular flexibility index (Phi) is 4.36.